The van der Waals surface area contributed by atoms with E-state index in [1.807, 2.05) is 32.9 Å². The smallest absolute Gasteiger partial charge is 0.295 e. The largest absolute Gasteiger partial charge is 0.495 e. The Hall–Kier alpha value is -3.33. The Balaban J connectivity index is 1.80. The van der Waals surface area contributed by atoms with Gasteiger partial charge in [0.05, 0.1) is 30.8 Å². The first kappa shape index (κ1) is 28.7. The molecule has 212 valence electrons. The van der Waals surface area contributed by atoms with Gasteiger partial charge in [0.2, 0.25) is 5.76 Å². The van der Waals surface area contributed by atoms with Crippen molar-refractivity contribution in [1.82, 2.24) is 4.90 Å². The van der Waals surface area contributed by atoms with Crippen molar-refractivity contribution in [3.05, 3.63) is 64.5 Å². The Kier molecular flexibility index (Phi) is 8.69. The van der Waals surface area contributed by atoms with E-state index >= 15 is 0 Å². The van der Waals surface area contributed by atoms with E-state index in [-0.39, 0.29) is 23.7 Å². The molecule has 1 saturated carbocycles. The van der Waals surface area contributed by atoms with Crippen molar-refractivity contribution in [2.75, 3.05) is 30.9 Å². The fourth-order valence-electron chi connectivity index (χ4n) is 5.55. The predicted molar refractivity (Wildman–Crippen MR) is 148 cm³/mol. The summed E-state index contributed by atoms with van der Waals surface area (Å²) >= 11 is 0. The number of anilines is 2. The van der Waals surface area contributed by atoms with Crippen molar-refractivity contribution in [2.24, 2.45) is 11.8 Å². The molecule has 2 aromatic rings. The summed E-state index contributed by atoms with van der Waals surface area (Å²) in [6.45, 7) is 9.04. The predicted octanol–water partition coefficient (Wildman–Crippen LogP) is 4.92. The second-order valence-corrected chi connectivity index (χ2v) is 10.9. The molecule has 4 atom stereocenters. The van der Waals surface area contributed by atoms with E-state index in [4.69, 9.17) is 15.2 Å². The van der Waals surface area contributed by atoms with Crippen LogP contribution in [0.5, 0.6) is 5.75 Å². The molecule has 1 aliphatic carbocycles. The molecule has 1 aliphatic heterocycles. The number of allylic oxidation sites excluding steroid dienone is 1. The standard InChI is InChI=1S/C30H40F2N4O3/c1-6-35(29(34)24-15-25(33)27(38-5)11-18(24)3)26-9-7-8-19(4)36(23-13-21(31)12-22(32)14-23)30(37)28(26)39-16-20-10-17(20)2/h11-15,17,19-20,29H,6-10,16,33-34H2,1-5H3/p+1. The van der Waals surface area contributed by atoms with E-state index in [9.17, 15) is 13.6 Å². The van der Waals surface area contributed by atoms with E-state index in [0.717, 1.165) is 35.7 Å². The number of halogens is 2. The van der Waals surface area contributed by atoms with E-state index in [1.54, 1.807) is 7.11 Å². The summed E-state index contributed by atoms with van der Waals surface area (Å²) in [4.78, 5) is 17.8. The van der Waals surface area contributed by atoms with Crippen LogP contribution in [0.15, 0.2) is 41.8 Å². The molecule has 4 rings (SSSR count). The number of nitrogens with zero attached hydrogens (tertiary/aromatic N) is 2. The van der Waals surface area contributed by atoms with Crippen molar-refractivity contribution >= 4 is 17.3 Å². The lowest BCUT2D eigenvalue weighted by Crippen LogP contribution is -2.61. The van der Waals surface area contributed by atoms with Gasteiger partial charge < -0.3 is 30.7 Å². The highest BCUT2D eigenvalue weighted by atomic mass is 19.1. The number of amides is 1. The zero-order valence-corrected chi connectivity index (χ0v) is 23.6. The number of carbonyl (C=O) groups is 1. The minimum Gasteiger partial charge on any atom is -0.495 e. The van der Waals surface area contributed by atoms with Gasteiger partial charge >= 0.3 is 0 Å². The Labute approximate surface area is 229 Å². The summed E-state index contributed by atoms with van der Waals surface area (Å²) in [5.41, 5.74) is 14.1. The third-order valence-electron chi connectivity index (χ3n) is 8.04. The number of benzene rings is 2. The van der Waals surface area contributed by atoms with Gasteiger partial charge in [-0.2, -0.15) is 0 Å². The van der Waals surface area contributed by atoms with Crippen LogP contribution in [0.25, 0.3) is 0 Å². The van der Waals surface area contributed by atoms with Gasteiger partial charge in [-0.25, -0.2) is 8.78 Å². The summed E-state index contributed by atoms with van der Waals surface area (Å²) < 4.78 is 40.2. The van der Waals surface area contributed by atoms with Crippen molar-refractivity contribution in [3.8, 4) is 5.75 Å². The number of hydrogen-bond acceptors (Lipinski definition) is 5. The monoisotopic (exact) mass is 543 g/mol. The van der Waals surface area contributed by atoms with Crippen LogP contribution in [0.4, 0.5) is 20.2 Å². The van der Waals surface area contributed by atoms with Crippen LogP contribution >= 0.6 is 0 Å². The van der Waals surface area contributed by atoms with Crippen molar-refractivity contribution in [2.45, 2.75) is 65.6 Å². The zero-order valence-electron chi connectivity index (χ0n) is 23.6. The highest BCUT2D eigenvalue weighted by molar-refractivity contribution is 6.05. The normalized spacial score (nSPS) is 22.3. The number of methoxy groups -OCH3 is 1. The molecule has 2 aromatic carbocycles. The third-order valence-corrected chi connectivity index (χ3v) is 8.04. The molecule has 5 N–H and O–H groups in total. The molecule has 9 heteroatoms. The number of quaternary nitrogens is 1. The first-order valence-corrected chi connectivity index (χ1v) is 13.7. The molecule has 39 heavy (non-hydrogen) atoms. The van der Waals surface area contributed by atoms with Gasteiger partial charge in [-0.05, 0) is 88.1 Å². The van der Waals surface area contributed by atoms with Crippen LogP contribution in [0, 0.1) is 30.4 Å². The molecule has 7 nitrogen and oxygen atoms in total. The van der Waals surface area contributed by atoms with Crippen molar-refractivity contribution < 1.29 is 28.8 Å². The lowest BCUT2D eigenvalue weighted by atomic mass is 9.99. The van der Waals surface area contributed by atoms with E-state index in [1.165, 1.54) is 17.0 Å². The summed E-state index contributed by atoms with van der Waals surface area (Å²) in [6.07, 6.45) is 2.72. The fraction of sp³-hybridized carbons (Fsp3) is 0.500. The lowest BCUT2D eigenvalue weighted by Gasteiger charge is -2.37. The molecule has 1 amide bonds. The fourth-order valence-corrected chi connectivity index (χ4v) is 5.55. The number of nitrogens with two attached hydrogens (primary N) is 1. The topological polar surface area (TPSA) is 95.7 Å². The number of carbonyl (C=O) groups excluding carboxylic acids is 1. The molecular weight excluding hydrogens is 502 g/mol. The molecule has 0 aromatic heterocycles. The van der Waals surface area contributed by atoms with Gasteiger partial charge in [-0.1, -0.05) is 6.92 Å². The van der Waals surface area contributed by atoms with E-state index in [0.29, 0.717) is 49.3 Å². The van der Waals surface area contributed by atoms with E-state index in [2.05, 4.69) is 17.6 Å². The minimum absolute atomic E-state index is 0.181. The molecule has 2 aliphatic rings. The van der Waals surface area contributed by atoms with Gasteiger partial charge in [0, 0.05) is 24.2 Å². The lowest BCUT2D eigenvalue weighted by molar-refractivity contribution is -0.462. The first-order chi connectivity index (χ1) is 18.5. The Bertz CT molecular complexity index is 1230. The summed E-state index contributed by atoms with van der Waals surface area (Å²) in [5.74, 6) is -0.118. The van der Waals surface area contributed by atoms with Gasteiger partial charge in [-0.3, -0.25) is 4.79 Å². The van der Waals surface area contributed by atoms with Crippen molar-refractivity contribution in [3.63, 3.8) is 0 Å². The van der Waals surface area contributed by atoms with Gasteiger partial charge in [0.1, 0.15) is 17.4 Å². The molecule has 1 fully saturated rings. The number of rotatable bonds is 9. The molecule has 4 unspecified atom stereocenters. The maximum atomic E-state index is 14.3. The molecular formula is C30H41F2N4O3+. The van der Waals surface area contributed by atoms with Gasteiger partial charge in [0.15, 0.2) is 6.17 Å². The average Bonchev–Trinajstić information content (AvgIpc) is 3.58. The number of hydrogen-bond donors (Lipinski definition) is 2. The number of nitrogen functional groups attached to an aromatic ring is 1. The highest BCUT2D eigenvalue weighted by Crippen LogP contribution is 2.40. The van der Waals surface area contributed by atoms with Crippen LogP contribution < -0.4 is 21.1 Å². The van der Waals surface area contributed by atoms with Crippen LogP contribution in [-0.2, 0) is 9.53 Å². The quantitative estimate of drug-likeness (QED) is 0.346. The highest BCUT2D eigenvalue weighted by Gasteiger charge is 2.38. The van der Waals surface area contributed by atoms with Crippen LogP contribution in [0.1, 0.15) is 63.7 Å². The first-order valence-electron chi connectivity index (χ1n) is 13.7. The molecule has 0 spiro atoms. The molecule has 0 bridgehead atoms. The van der Waals surface area contributed by atoms with Gasteiger partial charge in [0.25, 0.3) is 5.91 Å². The van der Waals surface area contributed by atoms with Crippen LogP contribution in [0.3, 0.4) is 0 Å². The Morgan fingerprint density at radius 3 is 2.44 bits per heavy atom. The minimum atomic E-state index is -0.730. The maximum absolute atomic E-state index is 14.3. The Morgan fingerprint density at radius 1 is 1.18 bits per heavy atom. The van der Waals surface area contributed by atoms with E-state index < -0.39 is 17.5 Å². The SMILES string of the molecule is CCN(C1=C(OCC2CC2C)C(=O)N(c2cc(F)cc(F)c2)C(C)CCC1)C([NH3+])c1cc(N)c(OC)cc1C. The number of aryl methyl sites for hydroxylation is 1. The van der Waals surface area contributed by atoms with Crippen LogP contribution in [0.2, 0.25) is 0 Å². The second kappa shape index (κ2) is 11.8. The van der Waals surface area contributed by atoms with Crippen molar-refractivity contribution in [1.29, 1.82) is 0 Å². The summed E-state index contributed by atoms with van der Waals surface area (Å²) in [5, 5.41) is 0. The second-order valence-electron chi connectivity index (χ2n) is 10.9. The van der Waals surface area contributed by atoms with Crippen LogP contribution in [-0.4, -0.2) is 37.1 Å². The zero-order chi connectivity index (χ0) is 28.4. The molecule has 0 radical (unpaired) electrons. The Morgan fingerprint density at radius 2 is 1.85 bits per heavy atom. The third kappa shape index (κ3) is 6.13. The average molecular weight is 544 g/mol. The maximum Gasteiger partial charge on any atom is 0.295 e. The summed E-state index contributed by atoms with van der Waals surface area (Å²) in [7, 11) is 1.58. The summed E-state index contributed by atoms with van der Waals surface area (Å²) in [6, 6.07) is 6.70. The molecule has 1 heterocycles. The van der Waals surface area contributed by atoms with Gasteiger partial charge in [-0.15, -0.1) is 0 Å². The number of ether oxygens (including phenoxy) is 2. The molecule has 0 saturated heterocycles.